The summed E-state index contributed by atoms with van der Waals surface area (Å²) in [6.45, 7) is 1.67. The van der Waals surface area contributed by atoms with Gasteiger partial charge in [-0.3, -0.25) is 14.6 Å². The summed E-state index contributed by atoms with van der Waals surface area (Å²) in [7, 11) is 1.59. The third-order valence-corrected chi connectivity index (χ3v) is 6.53. The van der Waals surface area contributed by atoms with Crippen LogP contribution >= 0.6 is 34.8 Å². The molecule has 1 aliphatic heterocycles. The van der Waals surface area contributed by atoms with E-state index in [9.17, 15) is 9.59 Å². The summed E-state index contributed by atoms with van der Waals surface area (Å²) in [6.07, 6.45) is 1.73. The first kappa shape index (κ1) is 26.4. The lowest BCUT2D eigenvalue weighted by Gasteiger charge is -2.21. The second-order valence-electron chi connectivity index (χ2n) is 7.77. The Kier molecular flexibility index (Phi) is 8.29. The number of hydrogen-bond donors (Lipinski definition) is 1. The summed E-state index contributed by atoms with van der Waals surface area (Å²) in [6, 6.07) is 20.0. The zero-order chi connectivity index (χ0) is 26.5. The molecule has 0 aromatic heterocycles. The highest BCUT2D eigenvalue weighted by atomic mass is 127. The van der Waals surface area contributed by atoms with Gasteiger partial charge in [0.25, 0.3) is 5.91 Å². The Morgan fingerprint density at radius 2 is 1.70 bits per heavy atom. The van der Waals surface area contributed by atoms with Crippen molar-refractivity contribution in [1.29, 1.82) is 0 Å². The van der Waals surface area contributed by atoms with Crippen molar-refractivity contribution in [3.8, 4) is 17.2 Å². The first-order valence-corrected chi connectivity index (χ1v) is 12.7. The van der Waals surface area contributed by atoms with Gasteiger partial charge in [-0.2, -0.15) is 0 Å². The molecule has 10 heteroatoms. The van der Waals surface area contributed by atoms with Crippen LogP contribution in [0.1, 0.15) is 12.5 Å². The van der Waals surface area contributed by atoms with Crippen LogP contribution < -0.4 is 24.0 Å². The van der Waals surface area contributed by atoms with Crippen molar-refractivity contribution in [1.82, 2.24) is 0 Å². The van der Waals surface area contributed by atoms with Crippen molar-refractivity contribution in [2.75, 3.05) is 30.1 Å². The van der Waals surface area contributed by atoms with Crippen LogP contribution in [0.15, 0.2) is 72.4 Å². The molecule has 0 unspecified atom stereocenters. The minimum atomic E-state index is -1.09. The number of rotatable bonds is 9. The molecule has 8 nitrogen and oxygen atoms in total. The van der Waals surface area contributed by atoms with Crippen LogP contribution in [0, 0.1) is 3.57 Å². The number of halogens is 1. The van der Waals surface area contributed by atoms with Gasteiger partial charge in [0.2, 0.25) is 0 Å². The van der Waals surface area contributed by atoms with Crippen LogP contribution in [0.3, 0.4) is 0 Å². The lowest BCUT2D eigenvalue weighted by molar-refractivity contribution is -0.139. The highest BCUT2D eigenvalue weighted by molar-refractivity contribution is 14.1. The standard InChI is InChI=1S/C27H23IN2O6S/c1-3-35-23-15-17(13-21(28)25(23)36-16-24(31)32)14-22-26(33)30(18-7-5-4-6-8-18)27(37)29(22)19-9-11-20(34-2)12-10-19/h4-15H,3,16H2,1-2H3,(H,31,32). The number of benzene rings is 3. The molecule has 190 valence electrons. The normalized spacial score (nSPS) is 14.3. The second-order valence-corrected chi connectivity index (χ2v) is 9.29. The van der Waals surface area contributed by atoms with Gasteiger partial charge in [0.15, 0.2) is 23.2 Å². The monoisotopic (exact) mass is 630 g/mol. The van der Waals surface area contributed by atoms with E-state index >= 15 is 0 Å². The Bertz CT molecular complexity index is 1360. The number of amides is 1. The van der Waals surface area contributed by atoms with Gasteiger partial charge in [-0.05, 0) is 102 Å². The molecule has 1 N–H and O–H groups in total. The molecule has 0 spiro atoms. The lowest BCUT2D eigenvalue weighted by atomic mass is 10.1. The Hall–Kier alpha value is -3.64. The van der Waals surface area contributed by atoms with Crippen LogP contribution in [0.25, 0.3) is 6.08 Å². The molecule has 3 aromatic rings. The Labute approximate surface area is 233 Å². The summed E-state index contributed by atoms with van der Waals surface area (Å²) in [4.78, 5) is 28.0. The molecule has 1 saturated heterocycles. The fraction of sp³-hybridized carbons (Fsp3) is 0.148. The van der Waals surface area contributed by atoms with E-state index in [1.165, 1.54) is 4.90 Å². The van der Waals surface area contributed by atoms with E-state index in [4.69, 9.17) is 31.5 Å². The van der Waals surface area contributed by atoms with Crippen molar-refractivity contribution < 1.29 is 28.9 Å². The first-order chi connectivity index (χ1) is 17.8. The van der Waals surface area contributed by atoms with Crippen LogP contribution in [-0.2, 0) is 9.59 Å². The molecule has 0 saturated carbocycles. The van der Waals surface area contributed by atoms with Gasteiger partial charge in [-0.25, -0.2) is 4.79 Å². The number of carbonyl (C=O) groups excluding carboxylic acids is 1. The van der Waals surface area contributed by atoms with Crippen LogP contribution in [0.5, 0.6) is 17.2 Å². The van der Waals surface area contributed by atoms with Crippen molar-refractivity contribution in [3.63, 3.8) is 0 Å². The van der Waals surface area contributed by atoms with Crippen LogP contribution in [0.4, 0.5) is 11.4 Å². The maximum Gasteiger partial charge on any atom is 0.341 e. The maximum absolute atomic E-state index is 13.7. The third kappa shape index (κ3) is 5.70. The van der Waals surface area contributed by atoms with Gasteiger partial charge >= 0.3 is 5.97 Å². The highest BCUT2D eigenvalue weighted by Crippen LogP contribution is 2.38. The number of nitrogens with zero attached hydrogens (tertiary/aromatic N) is 2. The number of anilines is 2. The first-order valence-electron chi connectivity index (χ1n) is 11.2. The number of thiocarbonyl (C=S) groups is 1. The van der Waals surface area contributed by atoms with E-state index in [1.807, 2.05) is 49.4 Å². The number of hydrogen-bond acceptors (Lipinski definition) is 6. The number of para-hydroxylation sites is 1. The van der Waals surface area contributed by atoms with E-state index in [0.717, 1.165) is 0 Å². The minimum absolute atomic E-state index is 0.286. The molecular weight excluding hydrogens is 607 g/mol. The molecule has 4 rings (SSSR count). The summed E-state index contributed by atoms with van der Waals surface area (Å²) < 4.78 is 17.1. The molecule has 1 fully saturated rings. The number of carbonyl (C=O) groups is 2. The van der Waals surface area contributed by atoms with Crippen molar-refractivity contribution in [2.24, 2.45) is 0 Å². The lowest BCUT2D eigenvalue weighted by Crippen LogP contribution is -2.32. The average molecular weight is 630 g/mol. The predicted octanol–water partition coefficient (Wildman–Crippen LogP) is 5.34. The average Bonchev–Trinajstić information content (AvgIpc) is 3.13. The zero-order valence-electron chi connectivity index (χ0n) is 20.0. The molecular formula is C27H23IN2O6S. The molecule has 0 bridgehead atoms. The van der Waals surface area contributed by atoms with Crippen LogP contribution in [0.2, 0.25) is 0 Å². The zero-order valence-corrected chi connectivity index (χ0v) is 23.0. The molecule has 1 aliphatic rings. The number of aliphatic carboxylic acids is 1. The van der Waals surface area contributed by atoms with E-state index in [1.54, 1.807) is 42.4 Å². The van der Waals surface area contributed by atoms with E-state index < -0.39 is 12.6 Å². The summed E-state index contributed by atoms with van der Waals surface area (Å²) >= 11 is 7.84. The molecule has 0 aliphatic carbocycles. The number of carboxylic acids is 1. The van der Waals surface area contributed by atoms with Gasteiger partial charge in [-0.15, -0.1) is 0 Å². The Morgan fingerprint density at radius 1 is 1.03 bits per heavy atom. The van der Waals surface area contributed by atoms with Gasteiger partial charge in [0.05, 0.1) is 23.0 Å². The fourth-order valence-corrected chi connectivity index (χ4v) is 4.95. The Morgan fingerprint density at radius 3 is 2.32 bits per heavy atom. The number of methoxy groups -OCH3 is 1. The second kappa shape index (κ2) is 11.6. The van der Waals surface area contributed by atoms with E-state index in [-0.39, 0.29) is 5.91 Å². The topological polar surface area (TPSA) is 88.5 Å². The maximum atomic E-state index is 13.7. The Balaban J connectivity index is 1.82. The number of ether oxygens (including phenoxy) is 3. The summed E-state index contributed by atoms with van der Waals surface area (Å²) in [5, 5.41) is 9.34. The molecule has 3 aromatic carbocycles. The van der Waals surface area contributed by atoms with E-state index in [0.29, 0.717) is 55.2 Å². The van der Waals surface area contributed by atoms with Crippen LogP contribution in [-0.4, -0.2) is 42.4 Å². The fourth-order valence-electron chi connectivity index (χ4n) is 3.78. The number of carboxylic acid groups (broad SMARTS) is 1. The predicted molar refractivity (Wildman–Crippen MR) is 153 cm³/mol. The van der Waals surface area contributed by atoms with Crippen molar-refractivity contribution >= 4 is 69.2 Å². The quantitative estimate of drug-likeness (QED) is 0.193. The molecule has 1 heterocycles. The highest BCUT2D eigenvalue weighted by Gasteiger charge is 2.40. The van der Waals surface area contributed by atoms with Gasteiger partial charge < -0.3 is 19.3 Å². The summed E-state index contributed by atoms with van der Waals surface area (Å²) in [5.74, 6) is 0.0139. The molecule has 0 radical (unpaired) electrons. The third-order valence-electron chi connectivity index (χ3n) is 5.37. The van der Waals surface area contributed by atoms with Gasteiger partial charge in [0, 0.05) is 5.69 Å². The summed E-state index contributed by atoms with van der Waals surface area (Å²) in [5.41, 5.74) is 2.36. The largest absolute Gasteiger partial charge is 0.497 e. The molecule has 37 heavy (non-hydrogen) atoms. The SMILES string of the molecule is CCOc1cc(C=C2C(=O)N(c3ccccc3)C(=S)N2c2ccc(OC)cc2)cc(I)c1OCC(=O)O. The smallest absolute Gasteiger partial charge is 0.341 e. The molecule has 1 amide bonds. The molecule has 0 atom stereocenters. The van der Waals surface area contributed by atoms with Crippen molar-refractivity contribution in [3.05, 3.63) is 81.6 Å². The van der Waals surface area contributed by atoms with Gasteiger partial charge in [-0.1, -0.05) is 18.2 Å². The van der Waals surface area contributed by atoms with Crippen molar-refractivity contribution in [2.45, 2.75) is 6.92 Å². The van der Waals surface area contributed by atoms with E-state index in [2.05, 4.69) is 22.6 Å². The van der Waals surface area contributed by atoms with Gasteiger partial charge in [0.1, 0.15) is 11.4 Å². The minimum Gasteiger partial charge on any atom is -0.497 e.